The number of benzene rings is 1. The predicted octanol–water partition coefficient (Wildman–Crippen LogP) is 2.61. The molecule has 7 nitrogen and oxygen atoms in total. The van der Waals surface area contributed by atoms with Crippen molar-refractivity contribution < 1.29 is 31.1 Å². The zero-order valence-corrected chi connectivity index (χ0v) is 16.5. The number of rotatable bonds is 7. The van der Waals surface area contributed by atoms with Crippen LogP contribution in [0.1, 0.15) is 18.9 Å². The van der Waals surface area contributed by atoms with Crippen molar-refractivity contribution in [1.29, 1.82) is 0 Å². The topological polar surface area (TPSA) is 82.5 Å². The van der Waals surface area contributed by atoms with E-state index in [4.69, 9.17) is 9.47 Å². The van der Waals surface area contributed by atoms with Gasteiger partial charge in [0.25, 0.3) is 0 Å². The van der Waals surface area contributed by atoms with Gasteiger partial charge in [0.2, 0.25) is 10.0 Å². The summed E-state index contributed by atoms with van der Waals surface area (Å²) in [5.41, 5.74) is -0.363. The molecular weight excluding hydrogens is 411 g/mol. The van der Waals surface area contributed by atoms with Crippen molar-refractivity contribution in [3.05, 3.63) is 42.2 Å². The van der Waals surface area contributed by atoms with Gasteiger partial charge in [0.1, 0.15) is 5.75 Å². The zero-order valence-electron chi connectivity index (χ0n) is 15.7. The molecule has 3 rings (SSSR count). The number of aromatic nitrogens is 2. The Labute approximate surface area is 166 Å². The lowest BCUT2D eigenvalue weighted by Crippen LogP contribution is -2.47. The Morgan fingerprint density at radius 3 is 2.66 bits per heavy atom. The van der Waals surface area contributed by atoms with E-state index in [-0.39, 0.29) is 24.3 Å². The van der Waals surface area contributed by atoms with Crippen LogP contribution in [0.5, 0.6) is 5.75 Å². The van der Waals surface area contributed by atoms with E-state index < -0.39 is 21.8 Å². The molecule has 0 bridgehead atoms. The molecule has 0 radical (unpaired) electrons. The van der Waals surface area contributed by atoms with Gasteiger partial charge in [-0.15, -0.1) is 0 Å². The minimum absolute atomic E-state index is 0.00285. The summed E-state index contributed by atoms with van der Waals surface area (Å²) in [5, 5.41) is 3.73. The van der Waals surface area contributed by atoms with Crippen LogP contribution in [-0.2, 0) is 20.9 Å². The predicted molar refractivity (Wildman–Crippen MR) is 99.4 cm³/mol. The van der Waals surface area contributed by atoms with Crippen LogP contribution in [0, 0.1) is 5.92 Å². The molecule has 2 heterocycles. The molecule has 1 aliphatic rings. The number of ether oxygens (including phenoxy) is 2. The van der Waals surface area contributed by atoms with Gasteiger partial charge in [-0.2, -0.15) is 18.3 Å². The van der Waals surface area contributed by atoms with Gasteiger partial charge in [-0.1, -0.05) is 0 Å². The number of sulfonamides is 1. The summed E-state index contributed by atoms with van der Waals surface area (Å²) in [7, 11) is -3.33. The van der Waals surface area contributed by atoms with E-state index in [1.165, 1.54) is 0 Å². The normalized spacial score (nSPS) is 20.6. The highest BCUT2D eigenvalue weighted by Gasteiger charge is 2.32. The molecule has 1 aromatic heterocycles. The highest BCUT2D eigenvalue weighted by atomic mass is 32.2. The first-order chi connectivity index (χ1) is 13.7. The summed E-state index contributed by atoms with van der Waals surface area (Å²) in [4.78, 5) is 0. The molecule has 0 aliphatic carbocycles. The molecule has 1 aromatic carbocycles. The van der Waals surface area contributed by atoms with E-state index in [0.717, 1.165) is 17.1 Å². The Morgan fingerprint density at radius 2 is 2.03 bits per heavy atom. The first kappa shape index (κ1) is 21.6. The lowest BCUT2D eigenvalue weighted by molar-refractivity contribution is -0.137. The molecule has 0 unspecified atom stereocenters. The minimum Gasteiger partial charge on any atom is -0.493 e. The fourth-order valence-corrected chi connectivity index (χ4v) is 3.88. The summed E-state index contributed by atoms with van der Waals surface area (Å²) in [6.07, 6.45) is -2.20. The highest BCUT2D eigenvalue weighted by molar-refractivity contribution is 7.89. The van der Waals surface area contributed by atoms with Crippen LogP contribution < -0.4 is 9.46 Å². The minimum atomic E-state index is -4.45. The van der Waals surface area contributed by atoms with Crippen LogP contribution in [0.25, 0.3) is 5.69 Å². The van der Waals surface area contributed by atoms with Crippen LogP contribution >= 0.6 is 0 Å². The Hall–Kier alpha value is -2.11. The second-order valence-corrected chi connectivity index (χ2v) is 8.77. The molecular formula is C18H22F3N3O4S. The monoisotopic (exact) mass is 433 g/mol. The van der Waals surface area contributed by atoms with E-state index in [1.807, 2.05) is 0 Å². The van der Waals surface area contributed by atoms with Crippen LogP contribution in [0.15, 0.2) is 36.7 Å². The van der Waals surface area contributed by atoms with Crippen molar-refractivity contribution in [3.63, 3.8) is 0 Å². The van der Waals surface area contributed by atoms with Gasteiger partial charge in [-0.05, 0) is 37.6 Å². The smallest absolute Gasteiger partial charge is 0.419 e. The second kappa shape index (κ2) is 8.72. The standard InChI is InChI=1S/C18H22F3N3O4S/c1-2-29(25,26)23-17-7-8-27-11-13(17)12-28-16-5-3-15(4-6-16)24-10-14(9-22-24)18(19,20)21/h3-6,9-10,13,17,23H,2,7-8,11-12H2,1H3/t13-,17+/m1/s1. The van der Waals surface area contributed by atoms with E-state index in [9.17, 15) is 21.6 Å². The van der Waals surface area contributed by atoms with Crippen LogP contribution in [0.2, 0.25) is 0 Å². The molecule has 2 atom stereocenters. The van der Waals surface area contributed by atoms with Crippen molar-refractivity contribution in [3.8, 4) is 11.4 Å². The molecule has 29 heavy (non-hydrogen) atoms. The van der Waals surface area contributed by atoms with Crippen LogP contribution in [-0.4, -0.2) is 49.8 Å². The molecule has 11 heteroatoms. The fraction of sp³-hybridized carbons (Fsp3) is 0.500. The van der Waals surface area contributed by atoms with Crippen molar-refractivity contribution in [2.24, 2.45) is 5.92 Å². The van der Waals surface area contributed by atoms with Gasteiger partial charge in [0.15, 0.2) is 0 Å². The van der Waals surface area contributed by atoms with Crippen molar-refractivity contribution in [2.45, 2.75) is 25.6 Å². The van der Waals surface area contributed by atoms with E-state index in [2.05, 4.69) is 9.82 Å². The number of hydrogen-bond acceptors (Lipinski definition) is 5. The Bertz CT molecular complexity index is 913. The Morgan fingerprint density at radius 1 is 1.31 bits per heavy atom. The van der Waals surface area contributed by atoms with E-state index >= 15 is 0 Å². The SMILES string of the molecule is CCS(=O)(=O)N[C@H]1CCOC[C@@H]1COc1ccc(-n2cc(C(F)(F)F)cn2)cc1. The van der Waals surface area contributed by atoms with Crippen molar-refractivity contribution in [2.75, 3.05) is 25.6 Å². The van der Waals surface area contributed by atoms with Crippen LogP contribution in [0.4, 0.5) is 13.2 Å². The lowest BCUT2D eigenvalue weighted by Gasteiger charge is -2.31. The highest BCUT2D eigenvalue weighted by Crippen LogP contribution is 2.29. The maximum atomic E-state index is 12.7. The average Bonchev–Trinajstić information content (AvgIpc) is 3.18. The lowest BCUT2D eigenvalue weighted by atomic mass is 9.98. The van der Waals surface area contributed by atoms with Crippen molar-refractivity contribution >= 4 is 10.0 Å². The number of halogens is 3. The number of nitrogens with one attached hydrogen (secondary N) is 1. The summed E-state index contributed by atoms with van der Waals surface area (Å²) < 4.78 is 76.8. The molecule has 0 saturated carbocycles. The maximum absolute atomic E-state index is 12.7. The molecule has 1 saturated heterocycles. The summed E-state index contributed by atoms with van der Waals surface area (Å²) in [5.74, 6) is 0.368. The summed E-state index contributed by atoms with van der Waals surface area (Å²) in [6.45, 7) is 2.68. The van der Waals surface area contributed by atoms with E-state index in [1.54, 1.807) is 31.2 Å². The van der Waals surface area contributed by atoms with Gasteiger partial charge < -0.3 is 9.47 Å². The molecule has 160 valence electrons. The maximum Gasteiger partial charge on any atom is 0.419 e. The molecule has 2 aromatic rings. The molecule has 1 aliphatic heterocycles. The Kier molecular flexibility index (Phi) is 6.49. The van der Waals surface area contributed by atoms with Gasteiger partial charge >= 0.3 is 6.18 Å². The number of alkyl halides is 3. The summed E-state index contributed by atoms with van der Waals surface area (Å²) >= 11 is 0. The molecule has 1 N–H and O–H groups in total. The first-order valence-electron chi connectivity index (χ1n) is 9.11. The third-order valence-corrected chi connectivity index (χ3v) is 6.08. The van der Waals surface area contributed by atoms with Crippen molar-refractivity contribution in [1.82, 2.24) is 14.5 Å². The Balaban J connectivity index is 1.61. The number of nitrogens with zero attached hydrogens (tertiary/aromatic N) is 2. The van der Waals surface area contributed by atoms with Gasteiger partial charge in [-0.3, -0.25) is 0 Å². The second-order valence-electron chi connectivity index (χ2n) is 6.73. The first-order valence-corrected chi connectivity index (χ1v) is 10.8. The largest absolute Gasteiger partial charge is 0.493 e. The third kappa shape index (κ3) is 5.71. The van der Waals surface area contributed by atoms with E-state index in [0.29, 0.717) is 31.1 Å². The summed E-state index contributed by atoms with van der Waals surface area (Å²) in [6, 6.07) is 6.17. The van der Waals surface area contributed by atoms with Gasteiger partial charge in [0, 0.05) is 24.8 Å². The van der Waals surface area contributed by atoms with Crippen LogP contribution in [0.3, 0.4) is 0 Å². The average molecular weight is 433 g/mol. The quantitative estimate of drug-likeness (QED) is 0.726. The number of hydrogen-bond donors (Lipinski definition) is 1. The fourth-order valence-electron chi connectivity index (χ4n) is 2.94. The molecule has 0 amide bonds. The van der Waals surface area contributed by atoms with Gasteiger partial charge in [0.05, 0.1) is 36.4 Å². The zero-order chi connectivity index (χ0) is 21.1. The molecule has 0 spiro atoms. The third-order valence-electron chi connectivity index (χ3n) is 4.66. The molecule has 1 fully saturated rings. The van der Waals surface area contributed by atoms with Gasteiger partial charge in [-0.25, -0.2) is 17.8 Å².